The monoisotopic (exact) mass is 156 g/mol. The van der Waals surface area contributed by atoms with Crippen LogP contribution in [0.3, 0.4) is 0 Å². The molecule has 6 nitrogen and oxygen atoms in total. The molecular formula is H9N2NaO4S. The Balaban J connectivity index is -0.0000000267. The molecule has 0 aliphatic rings. The first kappa shape index (κ1) is 23.2. The van der Waals surface area contributed by atoms with Gasteiger partial charge in [-0.2, -0.15) is 8.42 Å². The maximum atomic E-state index is 8.74. The molecule has 0 unspecified atom stereocenters. The van der Waals surface area contributed by atoms with E-state index in [1.54, 1.807) is 0 Å². The summed E-state index contributed by atoms with van der Waals surface area (Å²) in [5, 5.41) is 0. The van der Waals surface area contributed by atoms with E-state index in [-0.39, 0.29) is 41.9 Å². The SMILES string of the molecule is N.N.O=S(=O)(O)O.[NaH]. The summed E-state index contributed by atoms with van der Waals surface area (Å²) in [6, 6.07) is 0. The van der Waals surface area contributed by atoms with Gasteiger partial charge in [0.15, 0.2) is 0 Å². The number of hydrogen-bond donors (Lipinski definition) is 4. The predicted octanol–water partition coefficient (Wildman–Crippen LogP) is -0.977. The van der Waals surface area contributed by atoms with Crippen LogP contribution in [0.1, 0.15) is 0 Å². The zero-order valence-corrected chi connectivity index (χ0v) is 4.35. The Bertz CT molecular complexity index is 97.2. The molecule has 0 atom stereocenters. The minimum atomic E-state index is -4.67. The second-order valence-corrected chi connectivity index (χ2v) is 1.34. The molecule has 8 heavy (non-hydrogen) atoms. The summed E-state index contributed by atoms with van der Waals surface area (Å²) >= 11 is 0. The molecule has 50 valence electrons. The van der Waals surface area contributed by atoms with Crippen molar-refractivity contribution in [2.45, 2.75) is 0 Å². The summed E-state index contributed by atoms with van der Waals surface area (Å²) in [6.45, 7) is 0. The van der Waals surface area contributed by atoms with E-state index >= 15 is 0 Å². The van der Waals surface area contributed by atoms with Crippen LogP contribution >= 0.6 is 0 Å². The Morgan fingerprint density at radius 2 is 1.00 bits per heavy atom. The van der Waals surface area contributed by atoms with Crippen LogP contribution in [0, 0.1) is 0 Å². The molecule has 0 fully saturated rings. The normalized spacial score (nSPS) is 7.25. The second kappa shape index (κ2) is 7.79. The topological polar surface area (TPSA) is 145 Å². The summed E-state index contributed by atoms with van der Waals surface area (Å²) in [5.74, 6) is 0. The van der Waals surface area contributed by atoms with E-state index < -0.39 is 10.4 Å². The molecule has 0 aromatic rings. The summed E-state index contributed by atoms with van der Waals surface area (Å²) < 4.78 is 31.6. The van der Waals surface area contributed by atoms with Crippen molar-refractivity contribution in [2.75, 3.05) is 0 Å². The van der Waals surface area contributed by atoms with E-state index in [0.717, 1.165) is 0 Å². The van der Waals surface area contributed by atoms with Crippen LogP contribution in [-0.2, 0) is 10.4 Å². The van der Waals surface area contributed by atoms with Gasteiger partial charge in [-0.05, 0) is 0 Å². The average Bonchev–Trinajstić information content (AvgIpc) is 0.722. The van der Waals surface area contributed by atoms with Crippen LogP contribution in [0.15, 0.2) is 0 Å². The minimum absolute atomic E-state index is 0. The third-order valence-electron chi connectivity index (χ3n) is 0. The maximum absolute atomic E-state index is 8.74. The Hall–Kier alpha value is 0.790. The summed E-state index contributed by atoms with van der Waals surface area (Å²) in [4.78, 5) is 0. The van der Waals surface area contributed by atoms with Crippen LogP contribution in [0.4, 0.5) is 0 Å². The zero-order valence-electron chi connectivity index (χ0n) is 3.53. The van der Waals surface area contributed by atoms with Crippen LogP contribution in [0.25, 0.3) is 0 Å². The molecule has 0 aromatic carbocycles. The Labute approximate surface area is 69.7 Å². The first-order valence-corrected chi connectivity index (χ1v) is 2.10. The van der Waals surface area contributed by atoms with Crippen LogP contribution in [0.5, 0.6) is 0 Å². The molecule has 0 rings (SSSR count). The van der Waals surface area contributed by atoms with Crippen molar-refractivity contribution >= 4 is 40.0 Å². The van der Waals surface area contributed by atoms with Crippen molar-refractivity contribution in [1.29, 1.82) is 0 Å². The Morgan fingerprint density at radius 3 is 1.00 bits per heavy atom. The van der Waals surface area contributed by atoms with Crippen molar-refractivity contribution in [3.63, 3.8) is 0 Å². The first-order valence-electron chi connectivity index (χ1n) is 0.698. The molecule has 0 spiro atoms. The summed E-state index contributed by atoms with van der Waals surface area (Å²) in [7, 11) is -4.67. The second-order valence-electron chi connectivity index (χ2n) is 0.448. The van der Waals surface area contributed by atoms with Crippen LogP contribution in [-0.4, -0.2) is 47.1 Å². The molecule has 0 aromatic heterocycles. The quantitative estimate of drug-likeness (QED) is 0.262. The molecule has 8 N–H and O–H groups in total. The molecule has 0 radical (unpaired) electrons. The van der Waals surface area contributed by atoms with Gasteiger partial charge in [-0.25, -0.2) is 0 Å². The van der Waals surface area contributed by atoms with Crippen molar-refractivity contribution in [3.8, 4) is 0 Å². The standard InChI is InChI=1S/2H3N.Na.H2O4S.H/c;;;1-5(2,3)4;/h2*1H3;;(H2,1,2,3,4);. The molecular weight excluding hydrogens is 147 g/mol. The van der Waals surface area contributed by atoms with E-state index in [2.05, 4.69) is 0 Å². The van der Waals surface area contributed by atoms with Gasteiger partial charge in [0.05, 0.1) is 0 Å². The van der Waals surface area contributed by atoms with Crippen molar-refractivity contribution in [3.05, 3.63) is 0 Å². The van der Waals surface area contributed by atoms with Crippen molar-refractivity contribution in [1.82, 2.24) is 12.3 Å². The van der Waals surface area contributed by atoms with Gasteiger partial charge in [-0.1, -0.05) is 0 Å². The molecule has 0 saturated heterocycles. The van der Waals surface area contributed by atoms with E-state index in [1.165, 1.54) is 0 Å². The fraction of sp³-hybridized carbons (Fsp3) is 0. The molecule has 0 bridgehead atoms. The Morgan fingerprint density at radius 1 is 1.00 bits per heavy atom. The third-order valence-corrected chi connectivity index (χ3v) is 0. The summed E-state index contributed by atoms with van der Waals surface area (Å²) in [5.41, 5.74) is 0. The fourth-order valence-electron chi connectivity index (χ4n) is 0. The molecule has 0 aliphatic heterocycles. The van der Waals surface area contributed by atoms with Crippen molar-refractivity contribution < 1.29 is 17.5 Å². The summed E-state index contributed by atoms with van der Waals surface area (Å²) in [6.07, 6.45) is 0. The van der Waals surface area contributed by atoms with E-state index in [9.17, 15) is 0 Å². The van der Waals surface area contributed by atoms with Gasteiger partial charge in [-0.3, -0.25) is 9.11 Å². The van der Waals surface area contributed by atoms with Crippen molar-refractivity contribution in [2.24, 2.45) is 0 Å². The first-order chi connectivity index (χ1) is 2.00. The number of rotatable bonds is 0. The molecule has 0 heterocycles. The van der Waals surface area contributed by atoms with E-state index in [1.807, 2.05) is 0 Å². The Kier molecular flexibility index (Phi) is 22.6. The molecule has 8 heteroatoms. The predicted molar refractivity (Wildman–Crippen MR) is 31.4 cm³/mol. The fourth-order valence-corrected chi connectivity index (χ4v) is 0. The molecule has 0 saturated carbocycles. The average molecular weight is 156 g/mol. The van der Waals surface area contributed by atoms with E-state index in [4.69, 9.17) is 17.5 Å². The van der Waals surface area contributed by atoms with Gasteiger partial charge in [0.25, 0.3) is 0 Å². The van der Waals surface area contributed by atoms with Gasteiger partial charge in [0.2, 0.25) is 0 Å². The zero-order chi connectivity index (χ0) is 4.50. The van der Waals surface area contributed by atoms with Gasteiger partial charge in [0, 0.05) is 0 Å². The van der Waals surface area contributed by atoms with Gasteiger partial charge < -0.3 is 12.3 Å². The van der Waals surface area contributed by atoms with Gasteiger partial charge in [-0.15, -0.1) is 0 Å². The van der Waals surface area contributed by atoms with E-state index in [0.29, 0.717) is 0 Å². The van der Waals surface area contributed by atoms with Gasteiger partial charge in [0.1, 0.15) is 0 Å². The van der Waals surface area contributed by atoms with Crippen LogP contribution in [0.2, 0.25) is 0 Å². The van der Waals surface area contributed by atoms with Crippen LogP contribution < -0.4 is 12.3 Å². The third kappa shape index (κ3) is 365. The molecule has 0 aliphatic carbocycles. The molecule has 0 amide bonds. The van der Waals surface area contributed by atoms with Gasteiger partial charge >= 0.3 is 40.0 Å². The number of hydrogen-bond acceptors (Lipinski definition) is 4.